The zero-order chi connectivity index (χ0) is 30.1. The summed E-state index contributed by atoms with van der Waals surface area (Å²) in [7, 11) is 0. The van der Waals surface area contributed by atoms with Gasteiger partial charge in [0.05, 0.1) is 5.41 Å². The fourth-order valence-corrected chi connectivity index (χ4v) is 9.35. The van der Waals surface area contributed by atoms with Crippen molar-refractivity contribution < 1.29 is 0 Å². The molecule has 1 atom stereocenters. The van der Waals surface area contributed by atoms with E-state index in [-0.39, 0.29) is 10.8 Å². The van der Waals surface area contributed by atoms with Crippen LogP contribution in [0.1, 0.15) is 47.2 Å². The van der Waals surface area contributed by atoms with Crippen molar-refractivity contribution in [1.82, 2.24) is 0 Å². The largest absolute Gasteiger partial charge is 0.0731 e. The predicted octanol–water partition coefficient (Wildman–Crippen LogP) is 11.9. The predicted molar refractivity (Wildman–Crippen MR) is 191 cm³/mol. The number of benzene rings is 7. The van der Waals surface area contributed by atoms with Crippen molar-refractivity contribution in [2.75, 3.05) is 0 Å². The Hall–Kier alpha value is -4.72. The molecule has 212 valence electrons. The zero-order valence-electron chi connectivity index (χ0n) is 25.2. The quantitative estimate of drug-likeness (QED) is 0.168. The van der Waals surface area contributed by atoms with E-state index >= 15 is 0 Å². The van der Waals surface area contributed by atoms with Gasteiger partial charge in [0.1, 0.15) is 0 Å². The van der Waals surface area contributed by atoms with Crippen molar-refractivity contribution in [1.29, 1.82) is 0 Å². The van der Waals surface area contributed by atoms with Crippen LogP contribution in [0.5, 0.6) is 0 Å². The van der Waals surface area contributed by atoms with Gasteiger partial charge in [-0.3, -0.25) is 0 Å². The van der Waals surface area contributed by atoms with E-state index in [9.17, 15) is 0 Å². The summed E-state index contributed by atoms with van der Waals surface area (Å²) in [5.41, 5.74) is 18.5. The van der Waals surface area contributed by atoms with E-state index in [2.05, 4.69) is 169 Å². The fourth-order valence-electron chi connectivity index (χ4n) is 8.99. The first-order valence-electron chi connectivity index (χ1n) is 15.8. The molecule has 3 aliphatic carbocycles. The molecular formula is C44H29Br. The Morgan fingerprint density at radius 2 is 0.933 bits per heavy atom. The van der Waals surface area contributed by atoms with Crippen LogP contribution in [0.15, 0.2) is 144 Å². The van der Waals surface area contributed by atoms with Gasteiger partial charge in [0.15, 0.2) is 0 Å². The minimum absolute atomic E-state index is 0.0686. The van der Waals surface area contributed by atoms with Crippen LogP contribution < -0.4 is 0 Å². The molecule has 0 aromatic heterocycles. The van der Waals surface area contributed by atoms with E-state index in [1.165, 1.54) is 88.7 Å². The number of halogens is 1. The van der Waals surface area contributed by atoms with Crippen LogP contribution in [0.25, 0.3) is 55.3 Å². The van der Waals surface area contributed by atoms with Gasteiger partial charge in [-0.25, -0.2) is 0 Å². The molecule has 1 heteroatoms. The molecule has 0 bridgehead atoms. The second-order valence-electron chi connectivity index (χ2n) is 13.4. The van der Waals surface area contributed by atoms with Gasteiger partial charge in [-0.2, -0.15) is 0 Å². The zero-order valence-corrected chi connectivity index (χ0v) is 26.7. The molecule has 0 saturated carbocycles. The SMILES string of the molecule is CC1(C)c2cc(Br)ccc2-c2ccc(-c3ccc4c(c3)C3(c5ccccc5-4)c4ccccc4-c4ccc5ccccc5c43)cc21. The van der Waals surface area contributed by atoms with Crippen LogP contribution in [0.2, 0.25) is 0 Å². The standard InChI is InChI=1S/C44H29Br/c1-43(2)39-23-27(16-19-33(39)34-22-18-29(45)25-40(34)43)28-17-20-35-31-11-5-7-13-37(31)44(41(35)24-28)38-14-8-6-12-32(38)36-21-15-26-9-3-4-10-30(26)42(36)44/h3-25H,1-2H3. The minimum Gasteiger partial charge on any atom is -0.0619 e. The Bertz CT molecular complexity index is 2410. The molecular weight excluding hydrogens is 608 g/mol. The van der Waals surface area contributed by atoms with Gasteiger partial charge < -0.3 is 0 Å². The van der Waals surface area contributed by atoms with E-state index in [0.717, 1.165) is 4.47 Å². The summed E-state index contributed by atoms with van der Waals surface area (Å²) in [5, 5.41) is 2.63. The maximum Gasteiger partial charge on any atom is 0.0731 e. The van der Waals surface area contributed by atoms with E-state index in [1.54, 1.807) is 0 Å². The van der Waals surface area contributed by atoms with Crippen molar-refractivity contribution in [3.63, 3.8) is 0 Å². The molecule has 0 nitrogen and oxygen atoms in total. The smallest absolute Gasteiger partial charge is 0.0619 e. The average molecular weight is 638 g/mol. The monoisotopic (exact) mass is 636 g/mol. The number of hydrogen-bond acceptors (Lipinski definition) is 0. The highest BCUT2D eigenvalue weighted by atomic mass is 79.9. The van der Waals surface area contributed by atoms with Crippen LogP contribution in [-0.4, -0.2) is 0 Å². The molecule has 0 amide bonds. The molecule has 0 N–H and O–H groups in total. The minimum atomic E-state index is -0.382. The van der Waals surface area contributed by atoms with Crippen molar-refractivity contribution in [3.8, 4) is 44.5 Å². The fraction of sp³-hybridized carbons (Fsp3) is 0.0909. The van der Waals surface area contributed by atoms with Crippen molar-refractivity contribution in [3.05, 3.63) is 177 Å². The second-order valence-corrected chi connectivity index (χ2v) is 14.3. The Balaban J connectivity index is 1.26. The van der Waals surface area contributed by atoms with Gasteiger partial charge >= 0.3 is 0 Å². The van der Waals surface area contributed by atoms with Gasteiger partial charge in [-0.15, -0.1) is 0 Å². The molecule has 45 heavy (non-hydrogen) atoms. The Morgan fingerprint density at radius 1 is 0.422 bits per heavy atom. The lowest BCUT2D eigenvalue weighted by molar-refractivity contribution is 0.660. The Morgan fingerprint density at radius 3 is 1.67 bits per heavy atom. The molecule has 7 aromatic rings. The lowest BCUT2D eigenvalue weighted by atomic mass is 9.69. The summed E-state index contributed by atoms with van der Waals surface area (Å²) in [4.78, 5) is 0. The Labute approximate surface area is 272 Å². The Kier molecular flexibility index (Phi) is 4.95. The summed E-state index contributed by atoms with van der Waals surface area (Å²) in [6.07, 6.45) is 0. The van der Waals surface area contributed by atoms with Crippen LogP contribution in [0.3, 0.4) is 0 Å². The third-order valence-corrected chi connectivity index (χ3v) is 11.4. The highest BCUT2D eigenvalue weighted by Gasteiger charge is 2.52. The maximum atomic E-state index is 3.72. The van der Waals surface area contributed by atoms with Crippen LogP contribution in [0, 0.1) is 0 Å². The highest BCUT2D eigenvalue weighted by molar-refractivity contribution is 9.10. The molecule has 1 unspecified atom stereocenters. The molecule has 0 heterocycles. The average Bonchev–Trinajstić information content (AvgIpc) is 3.63. The first-order valence-corrected chi connectivity index (χ1v) is 16.6. The van der Waals surface area contributed by atoms with E-state index in [0.29, 0.717) is 0 Å². The van der Waals surface area contributed by atoms with Gasteiger partial charge in [0.2, 0.25) is 0 Å². The molecule has 0 fully saturated rings. The van der Waals surface area contributed by atoms with E-state index < -0.39 is 0 Å². The van der Waals surface area contributed by atoms with Gasteiger partial charge in [0.25, 0.3) is 0 Å². The van der Waals surface area contributed by atoms with Crippen molar-refractivity contribution in [2.24, 2.45) is 0 Å². The lowest BCUT2D eigenvalue weighted by Crippen LogP contribution is -2.26. The molecule has 3 aliphatic rings. The summed E-state index contributed by atoms with van der Waals surface area (Å²) < 4.78 is 1.13. The highest BCUT2D eigenvalue weighted by Crippen LogP contribution is 2.64. The summed E-state index contributed by atoms with van der Waals surface area (Å²) >= 11 is 3.72. The maximum absolute atomic E-state index is 3.72. The van der Waals surface area contributed by atoms with Gasteiger partial charge in [-0.1, -0.05) is 145 Å². The van der Waals surface area contributed by atoms with Crippen LogP contribution in [-0.2, 0) is 10.8 Å². The first kappa shape index (κ1) is 25.6. The topological polar surface area (TPSA) is 0 Å². The normalized spacial score (nSPS) is 17.5. The molecule has 1 spiro atoms. The third-order valence-electron chi connectivity index (χ3n) is 10.9. The molecule has 0 saturated heterocycles. The summed E-state index contributed by atoms with van der Waals surface area (Å²) in [6, 6.07) is 52.9. The lowest BCUT2D eigenvalue weighted by Gasteiger charge is -2.31. The van der Waals surface area contributed by atoms with E-state index in [1.807, 2.05) is 0 Å². The van der Waals surface area contributed by atoms with Crippen molar-refractivity contribution >= 4 is 26.7 Å². The summed E-state index contributed by atoms with van der Waals surface area (Å²) in [5.74, 6) is 0. The van der Waals surface area contributed by atoms with Crippen LogP contribution in [0.4, 0.5) is 0 Å². The van der Waals surface area contributed by atoms with Crippen molar-refractivity contribution in [2.45, 2.75) is 24.7 Å². The number of rotatable bonds is 1. The van der Waals surface area contributed by atoms with Gasteiger partial charge in [0, 0.05) is 9.89 Å². The second kappa shape index (κ2) is 8.71. The molecule has 0 radical (unpaired) electrons. The molecule has 0 aliphatic heterocycles. The van der Waals surface area contributed by atoms with Gasteiger partial charge in [-0.05, 0) is 113 Å². The number of hydrogen-bond donors (Lipinski definition) is 0. The van der Waals surface area contributed by atoms with Crippen LogP contribution >= 0.6 is 15.9 Å². The first-order chi connectivity index (χ1) is 22.0. The summed E-state index contributed by atoms with van der Waals surface area (Å²) in [6.45, 7) is 4.72. The number of fused-ring (bicyclic) bond motifs is 15. The molecule has 7 aromatic carbocycles. The third kappa shape index (κ3) is 3.12. The molecule has 10 rings (SSSR count). The van der Waals surface area contributed by atoms with E-state index in [4.69, 9.17) is 0 Å².